The molecular weight excluding hydrogens is 240 g/mol. The second kappa shape index (κ2) is 7.24. The number of nitrogens with two attached hydrogens (primary N) is 1. The molecule has 1 rings (SSSR count). The van der Waals surface area contributed by atoms with Gasteiger partial charge in [-0.3, -0.25) is 10.6 Å². The van der Waals surface area contributed by atoms with Gasteiger partial charge in [0.25, 0.3) is 5.71 Å². The van der Waals surface area contributed by atoms with Crippen molar-refractivity contribution >= 4 is 17.7 Å². The highest BCUT2D eigenvalue weighted by Gasteiger charge is 2.17. The van der Waals surface area contributed by atoms with Crippen molar-refractivity contribution < 1.29 is 23.7 Å². The quantitative estimate of drug-likeness (QED) is 0.223. The Morgan fingerprint density at radius 1 is 1.56 bits per heavy atom. The molecule has 2 N–H and O–H groups in total. The lowest BCUT2D eigenvalue weighted by molar-refractivity contribution is -0.557. The third kappa shape index (κ3) is 4.03. The topological polar surface area (TPSA) is 110 Å². The standard InChI is InChI=1S/C10H14N4O4/c1-2-17-9(15)8(7-11)13-18-10(12)14-3-5-16-6-4-14/h12H,2-6H2,1H3/p+1/b13-8-. The molecule has 1 aliphatic rings. The number of carbonyl (C=O) groups is 1. The maximum absolute atomic E-state index is 11.2. The van der Waals surface area contributed by atoms with Crippen molar-refractivity contribution in [1.82, 2.24) is 0 Å². The van der Waals surface area contributed by atoms with Crippen LogP contribution in [0.25, 0.3) is 0 Å². The van der Waals surface area contributed by atoms with Crippen LogP contribution < -0.4 is 5.73 Å². The third-order valence-electron chi connectivity index (χ3n) is 2.13. The van der Waals surface area contributed by atoms with Crippen LogP contribution in [0.2, 0.25) is 0 Å². The first-order valence-corrected chi connectivity index (χ1v) is 5.46. The van der Waals surface area contributed by atoms with Gasteiger partial charge in [0, 0.05) is 0 Å². The number of nitriles is 1. The van der Waals surface area contributed by atoms with E-state index in [0.717, 1.165) is 0 Å². The molecule has 0 aromatic rings. The van der Waals surface area contributed by atoms with Crippen LogP contribution in [0.4, 0.5) is 0 Å². The largest absolute Gasteiger partial charge is 0.468 e. The minimum Gasteiger partial charge on any atom is -0.461 e. The van der Waals surface area contributed by atoms with E-state index in [0.29, 0.717) is 26.3 Å². The first-order chi connectivity index (χ1) is 8.69. The van der Waals surface area contributed by atoms with E-state index in [9.17, 15) is 4.79 Å². The smallest absolute Gasteiger partial charge is 0.461 e. The number of rotatable bonds is 3. The molecular formula is C10H15N4O4+. The van der Waals surface area contributed by atoms with Gasteiger partial charge in [0.1, 0.15) is 19.2 Å². The Balaban J connectivity index is 2.65. The normalized spacial score (nSPS) is 15.8. The van der Waals surface area contributed by atoms with Crippen molar-refractivity contribution in [3.05, 3.63) is 0 Å². The first-order valence-electron chi connectivity index (χ1n) is 5.46. The molecule has 0 aliphatic carbocycles. The molecule has 8 heteroatoms. The Kier molecular flexibility index (Phi) is 5.60. The van der Waals surface area contributed by atoms with E-state index in [2.05, 4.69) is 9.89 Å². The Bertz CT molecular complexity index is 403. The SMILES string of the molecule is CCOC(=O)/C(C#N)=N\OC(N)=[N+]1CCOCC1. The average Bonchev–Trinajstić information content (AvgIpc) is 2.40. The van der Waals surface area contributed by atoms with E-state index in [1.165, 1.54) is 0 Å². The molecule has 0 saturated carbocycles. The summed E-state index contributed by atoms with van der Waals surface area (Å²) in [6.07, 6.45) is 0. The number of hydrogen-bond acceptors (Lipinski definition) is 6. The molecule has 0 unspecified atom stereocenters. The van der Waals surface area contributed by atoms with E-state index >= 15 is 0 Å². The minimum absolute atomic E-state index is 0.0235. The van der Waals surface area contributed by atoms with Crippen LogP contribution in [-0.4, -0.2) is 55.2 Å². The summed E-state index contributed by atoms with van der Waals surface area (Å²) in [5.74, 6) is -0.838. The zero-order valence-corrected chi connectivity index (χ0v) is 10.1. The lowest BCUT2D eigenvalue weighted by atomic mass is 10.4. The summed E-state index contributed by atoms with van der Waals surface area (Å²) in [6, 6.07) is 1.61. The molecule has 0 aromatic carbocycles. The van der Waals surface area contributed by atoms with Crippen LogP contribution in [0.5, 0.6) is 0 Å². The number of carbonyl (C=O) groups excluding carboxylic acids is 1. The molecule has 0 atom stereocenters. The van der Waals surface area contributed by atoms with E-state index < -0.39 is 11.7 Å². The van der Waals surface area contributed by atoms with E-state index in [4.69, 9.17) is 20.6 Å². The molecule has 8 nitrogen and oxygen atoms in total. The molecule has 1 saturated heterocycles. The molecule has 98 valence electrons. The van der Waals surface area contributed by atoms with Gasteiger partial charge in [-0.15, -0.1) is 0 Å². The van der Waals surface area contributed by atoms with Gasteiger partial charge < -0.3 is 9.47 Å². The van der Waals surface area contributed by atoms with Crippen molar-refractivity contribution in [1.29, 1.82) is 5.26 Å². The zero-order valence-electron chi connectivity index (χ0n) is 10.1. The predicted octanol–water partition coefficient (Wildman–Crippen LogP) is -1.20. The number of esters is 1. The van der Waals surface area contributed by atoms with E-state index in [1.807, 2.05) is 0 Å². The number of morpholine rings is 1. The third-order valence-corrected chi connectivity index (χ3v) is 2.13. The van der Waals surface area contributed by atoms with Gasteiger partial charge in [0.2, 0.25) is 0 Å². The second-order valence-corrected chi connectivity index (χ2v) is 3.30. The minimum atomic E-state index is -0.838. The average molecular weight is 255 g/mol. The van der Waals surface area contributed by atoms with Crippen LogP contribution >= 0.6 is 0 Å². The van der Waals surface area contributed by atoms with E-state index in [-0.39, 0.29) is 12.6 Å². The number of nitrogens with zero attached hydrogens (tertiary/aromatic N) is 3. The summed E-state index contributed by atoms with van der Waals surface area (Å²) >= 11 is 0. The van der Waals surface area contributed by atoms with Crippen molar-refractivity contribution in [3.63, 3.8) is 0 Å². The van der Waals surface area contributed by atoms with E-state index in [1.54, 1.807) is 17.6 Å². The van der Waals surface area contributed by atoms with Gasteiger partial charge in [-0.05, 0) is 6.92 Å². The van der Waals surface area contributed by atoms with Crippen LogP contribution in [0.1, 0.15) is 6.92 Å². The highest BCUT2D eigenvalue weighted by atomic mass is 16.6. The maximum Gasteiger partial charge on any atom is 0.468 e. The molecule has 1 heterocycles. The number of ether oxygens (including phenoxy) is 2. The van der Waals surface area contributed by atoms with Crippen LogP contribution in [0, 0.1) is 11.3 Å². The summed E-state index contributed by atoms with van der Waals surface area (Å²) < 4.78 is 11.5. The van der Waals surface area contributed by atoms with Gasteiger partial charge >= 0.3 is 12.0 Å². The van der Waals surface area contributed by atoms with Gasteiger partial charge in [0.05, 0.1) is 19.8 Å². The van der Waals surface area contributed by atoms with Crippen molar-refractivity contribution in [2.24, 2.45) is 10.9 Å². The molecule has 1 fully saturated rings. The van der Waals surface area contributed by atoms with Gasteiger partial charge in [-0.2, -0.15) is 5.26 Å². The fourth-order valence-electron chi connectivity index (χ4n) is 1.24. The molecule has 0 amide bonds. The first kappa shape index (κ1) is 13.9. The Hall–Kier alpha value is -2.14. The molecule has 0 radical (unpaired) electrons. The molecule has 0 spiro atoms. The van der Waals surface area contributed by atoms with Crippen LogP contribution in [0.15, 0.2) is 5.16 Å². The van der Waals surface area contributed by atoms with Gasteiger partial charge in [-0.25, -0.2) is 9.37 Å². The Labute approximate surface area is 104 Å². The molecule has 0 bridgehead atoms. The monoisotopic (exact) mass is 255 g/mol. The van der Waals surface area contributed by atoms with Gasteiger partial charge in [-0.1, -0.05) is 5.16 Å². The number of amidine groups is 1. The maximum atomic E-state index is 11.2. The molecule has 0 aromatic heterocycles. The van der Waals surface area contributed by atoms with Crippen molar-refractivity contribution in [3.8, 4) is 6.07 Å². The lowest BCUT2D eigenvalue weighted by Gasteiger charge is -2.13. The lowest BCUT2D eigenvalue weighted by Crippen LogP contribution is -2.38. The highest BCUT2D eigenvalue weighted by Crippen LogP contribution is 1.92. The van der Waals surface area contributed by atoms with Crippen LogP contribution in [0.3, 0.4) is 0 Å². The van der Waals surface area contributed by atoms with Crippen LogP contribution in [-0.2, 0) is 19.1 Å². The summed E-state index contributed by atoms with van der Waals surface area (Å²) in [6.45, 7) is 4.00. The van der Waals surface area contributed by atoms with Crippen molar-refractivity contribution in [2.45, 2.75) is 6.92 Å². The number of hydrogen-bond donors (Lipinski definition) is 1. The number of oxime groups is 1. The van der Waals surface area contributed by atoms with Crippen molar-refractivity contribution in [2.75, 3.05) is 32.9 Å². The summed E-state index contributed by atoms with van der Waals surface area (Å²) in [7, 11) is 0. The molecule has 18 heavy (non-hydrogen) atoms. The second-order valence-electron chi connectivity index (χ2n) is 3.30. The van der Waals surface area contributed by atoms with Gasteiger partial charge in [0.15, 0.2) is 0 Å². The fraction of sp³-hybridized carbons (Fsp3) is 0.600. The summed E-state index contributed by atoms with van der Waals surface area (Å²) in [4.78, 5) is 16.1. The molecule has 1 aliphatic heterocycles. The Morgan fingerprint density at radius 2 is 2.22 bits per heavy atom. The predicted molar refractivity (Wildman–Crippen MR) is 60.8 cm³/mol. The zero-order chi connectivity index (χ0) is 13.4. The Morgan fingerprint density at radius 3 is 2.78 bits per heavy atom. The summed E-state index contributed by atoms with van der Waals surface area (Å²) in [5, 5.41) is 12.1. The summed E-state index contributed by atoms with van der Waals surface area (Å²) in [5.41, 5.74) is 5.14. The highest BCUT2D eigenvalue weighted by molar-refractivity contribution is 6.42. The fourth-order valence-corrected chi connectivity index (χ4v) is 1.24.